The van der Waals surface area contributed by atoms with Crippen molar-refractivity contribution in [1.29, 1.82) is 0 Å². The summed E-state index contributed by atoms with van der Waals surface area (Å²) in [5.41, 5.74) is 0. The highest BCUT2D eigenvalue weighted by Crippen LogP contribution is 2.23. The van der Waals surface area contributed by atoms with E-state index in [2.05, 4.69) is 36.8 Å². The summed E-state index contributed by atoms with van der Waals surface area (Å²) >= 11 is 0. The molecule has 0 N–H and O–H groups in total. The lowest BCUT2D eigenvalue weighted by Gasteiger charge is -2.38. The molecule has 8 nitrogen and oxygen atoms in total. The second-order valence-electron chi connectivity index (χ2n) is 6.39. The number of hydrogen-bond acceptors (Lipinski definition) is 8. The SMILES string of the molecule is COc1cnc(N2CCCC(N(C)c3ccnc(N(C)C)n3)C2)nc1. The van der Waals surface area contributed by atoms with Gasteiger partial charge in [-0.05, 0) is 18.9 Å². The summed E-state index contributed by atoms with van der Waals surface area (Å²) in [6.07, 6.45) is 7.44. The quantitative estimate of drug-likeness (QED) is 0.808. The molecule has 0 saturated carbocycles. The Morgan fingerprint density at radius 1 is 1.16 bits per heavy atom. The van der Waals surface area contributed by atoms with E-state index in [0.717, 1.165) is 43.6 Å². The van der Waals surface area contributed by atoms with Gasteiger partial charge in [0, 0.05) is 46.5 Å². The summed E-state index contributed by atoms with van der Waals surface area (Å²) in [5.74, 6) is 3.07. The van der Waals surface area contributed by atoms with Crippen LogP contribution in [0.3, 0.4) is 0 Å². The topological polar surface area (TPSA) is 70.5 Å². The number of likely N-dealkylation sites (N-methyl/N-ethyl adjacent to an activating group) is 1. The molecule has 3 rings (SSSR count). The van der Waals surface area contributed by atoms with Gasteiger partial charge in [0.05, 0.1) is 19.5 Å². The van der Waals surface area contributed by atoms with Gasteiger partial charge in [0.25, 0.3) is 0 Å². The van der Waals surface area contributed by atoms with Crippen molar-refractivity contribution in [3.63, 3.8) is 0 Å². The van der Waals surface area contributed by atoms with Crippen molar-refractivity contribution in [1.82, 2.24) is 19.9 Å². The van der Waals surface area contributed by atoms with Crippen LogP contribution >= 0.6 is 0 Å². The smallest absolute Gasteiger partial charge is 0.226 e. The van der Waals surface area contributed by atoms with Crippen molar-refractivity contribution in [3.05, 3.63) is 24.7 Å². The largest absolute Gasteiger partial charge is 0.494 e. The normalized spacial score (nSPS) is 17.3. The number of nitrogens with zero attached hydrogens (tertiary/aromatic N) is 7. The van der Waals surface area contributed by atoms with Crippen molar-refractivity contribution in [2.75, 3.05) is 56.0 Å². The van der Waals surface area contributed by atoms with Crippen molar-refractivity contribution in [2.45, 2.75) is 18.9 Å². The Bertz CT molecular complexity index is 692. The van der Waals surface area contributed by atoms with E-state index in [1.807, 2.05) is 25.1 Å². The van der Waals surface area contributed by atoms with E-state index >= 15 is 0 Å². The molecular formula is C17H25N7O. The van der Waals surface area contributed by atoms with Crippen LogP contribution in [0.15, 0.2) is 24.7 Å². The van der Waals surface area contributed by atoms with Crippen LogP contribution in [0.4, 0.5) is 17.7 Å². The van der Waals surface area contributed by atoms with Gasteiger partial charge in [-0.2, -0.15) is 4.98 Å². The van der Waals surface area contributed by atoms with Crippen molar-refractivity contribution in [2.24, 2.45) is 0 Å². The molecule has 0 bridgehead atoms. The van der Waals surface area contributed by atoms with Crippen molar-refractivity contribution >= 4 is 17.7 Å². The molecule has 1 saturated heterocycles. The molecular weight excluding hydrogens is 318 g/mol. The average Bonchev–Trinajstić information content (AvgIpc) is 2.67. The third kappa shape index (κ3) is 3.89. The Morgan fingerprint density at radius 3 is 2.60 bits per heavy atom. The van der Waals surface area contributed by atoms with E-state index in [1.54, 1.807) is 25.7 Å². The van der Waals surface area contributed by atoms with Gasteiger partial charge in [-0.25, -0.2) is 15.0 Å². The minimum Gasteiger partial charge on any atom is -0.494 e. The Hall–Kier alpha value is -2.64. The van der Waals surface area contributed by atoms with Crippen LogP contribution in [-0.2, 0) is 0 Å². The highest BCUT2D eigenvalue weighted by molar-refractivity contribution is 5.44. The third-order valence-corrected chi connectivity index (χ3v) is 4.47. The molecule has 0 radical (unpaired) electrons. The highest BCUT2D eigenvalue weighted by Gasteiger charge is 2.25. The highest BCUT2D eigenvalue weighted by atomic mass is 16.5. The van der Waals surface area contributed by atoms with Gasteiger partial charge in [0.15, 0.2) is 5.75 Å². The lowest BCUT2D eigenvalue weighted by Crippen LogP contribution is -2.47. The van der Waals surface area contributed by atoms with Crippen LogP contribution in [0.1, 0.15) is 12.8 Å². The van der Waals surface area contributed by atoms with Crippen LogP contribution in [-0.4, -0.2) is 67.3 Å². The maximum atomic E-state index is 5.13. The molecule has 1 aliphatic heterocycles. The van der Waals surface area contributed by atoms with Gasteiger partial charge >= 0.3 is 0 Å². The molecule has 2 aromatic rings. The third-order valence-electron chi connectivity index (χ3n) is 4.47. The molecule has 1 aliphatic rings. The average molecular weight is 343 g/mol. The van der Waals surface area contributed by atoms with Gasteiger partial charge in [0.2, 0.25) is 11.9 Å². The first-order chi connectivity index (χ1) is 12.1. The second-order valence-corrected chi connectivity index (χ2v) is 6.39. The lowest BCUT2D eigenvalue weighted by atomic mass is 10.0. The summed E-state index contributed by atoms with van der Waals surface area (Å²) in [4.78, 5) is 24.1. The Balaban J connectivity index is 1.72. The minimum absolute atomic E-state index is 0.351. The Labute approximate surface area is 148 Å². The van der Waals surface area contributed by atoms with E-state index in [0.29, 0.717) is 11.8 Å². The number of ether oxygens (including phenoxy) is 1. The summed E-state index contributed by atoms with van der Waals surface area (Å²) < 4.78 is 5.13. The first kappa shape index (κ1) is 17.2. The number of anilines is 3. The van der Waals surface area contributed by atoms with E-state index < -0.39 is 0 Å². The van der Waals surface area contributed by atoms with Crippen LogP contribution < -0.4 is 19.4 Å². The molecule has 0 amide bonds. The first-order valence-corrected chi connectivity index (χ1v) is 8.42. The zero-order chi connectivity index (χ0) is 17.8. The number of rotatable bonds is 5. The minimum atomic E-state index is 0.351. The van der Waals surface area contributed by atoms with Gasteiger partial charge in [-0.3, -0.25) is 0 Å². The van der Waals surface area contributed by atoms with Crippen LogP contribution in [0.25, 0.3) is 0 Å². The standard InChI is InChI=1S/C17H25N7O/c1-22(2)17-18-8-7-15(21-17)23(3)13-6-5-9-24(12-13)16-19-10-14(25-4)11-20-16/h7-8,10-11,13H,5-6,9,12H2,1-4H3. The summed E-state index contributed by atoms with van der Waals surface area (Å²) in [5, 5.41) is 0. The molecule has 1 fully saturated rings. The molecule has 0 aromatic carbocycles. The van der Waals surface area contributed by atoms with Crippen LogP contribution in [0.2, 0.25) is 0 Å². The number of hydrogen-bond donors (Lipinski definition) is 0. The molecule has 0 spiro atoms. The molecule has 3 heterocycles. The number of piperidine rings is 1. The fraction of sp³-hybridized carbons (Fsp3) is 0.529. The first-order valence-electron chi connectivity index (χ1n) is 8.42. The second kappa shape index (κ2) is 7.50. The fourth-order valence-electron chi connectivity index (χ4n) is 2.97. The molecule has 25 heavy (non-hydrogen) atoms. The van der Waals surface area contributed by atoms with Gasteiger partial charge in [0.1, 0.15) is 5.82 Å². The predicted octanol–water partition coefficient (Wildman–Crippen LogP) is 1.45. The molecule has 8 heteroatoms. The van der Waals surface area contributed by atoms with Gasteiger partial charge < -0.3 is 19.4 Å². The molecule has 134 valence electrons. The number of aromatic nitrogens is 4. The fourth-order valence-corrected chi connectivity index (χ4v) is 2.97. The van der Waals surface area contributed by atoms with Crippen LogP contribution in [0.5, 0.6) is 5.75 Å². The van der Waals surface area contributed by atoms with E-state index in [9.17, 15) is 0 Å². The van der Waals surface area contributed by atoms with E-state index in [1.165, 1.54) is 0 Å². The number of methoxy groups -OCH3 is 1. The monoisotopic (exact) mass is 343 g/mol. The van der Waals surface area contributed by atoms with Crippen molar-refractivity contribution < 1.29 is 4.74 Å². The summed E-state index contributed by atoms with van der Waals surface area (Å²) in [7, 11) is 7.60. The zero-order valence-electron chi connectivity index (χ0n) is 15.3. The summed E-state index contributed by atoms with van der Waals surface area (Å²) in [6, 6.07) is 2.31. The van der Waals surface area contributed by atoms with Crippen LogP contribution in [0, 0.1) is 0 Å². The maximum absolute atomic E-state index is 5.13. The lowest BCUT2D eigenvalue weighted by molar-refractivity contribution is 0.410. The maximum Gasteiger partial charge on any atom is 0.226 e. The molecule has 1 atom stereocenters. The van der Waals surface area contributed by atoms with Gasteiger partial charge in [-0.15, -0.1) is 0 Å². The zero-order valence-corrected chi connectivity index (χ0v) is 15.3. The van der Waals surface area contributed by atoms with Gasteiger partial charge in [-0.1, -0.05) is 0 Å². The molecule has 1 unspecified atom stereocenters. The van der Waals surface area contributed by atoms with E-state index in [4.69, 9.17) is 4.74 Å². The van der Waals surface area contributed by atoms with E-state index in [-0.39, 0.29) is 0 Å². The molecule has 2 aromatic heterocycles. The molecule has 0 aliphatic carbocycles. The Kier molecular flexibility index (Phi) is 5.16. The van der Waals surface area contributed by atoms with Crippen molar-refractivity contribution in [3.8, 4) is 5.75 Å². The summed E-state index contributed by atoms with van der Waals surface area (Å²) in [6.45, 7) is 1.83. The predicted molar refractivity (Wildman–Crippen MR) is 98.6 cm³/mol. The Morgan fingerprint density at radius 2 is 1.92 bits per heavy atom.